The fourth-order valence-electron chi connectivity index (χ4n) is 3.39. The van der Waals surface area contributed by atoms with Crippen molar-refractivity contribution in [3.8, 4) is 22.6 Å². The third-order valence-electron chi connectivity index (χ3n) is 5.00. The Hall–Kier alpha value is -3.75. The highest BCUT2D eigenvalue weighted by atomic mass is 19.1. The van der Waals surface area contributed by atoms with Crippen molar-refractivity contribution >= 4 is 11.0 Å². The minimum atomic E-state index is -0.872. The zero-order valence-corrected chi connectivity index (χ0v) is 17.4. The quantitative estimate of drug-likeness (QED) is 0.374. The molecular weight excluding hydrogens is 432 g/mol. The number of aromatic hydroxyl groups is 1. The molecule has 0 unspecified atom stereocenters. The molecule has 1 aromatic heterocycles. The van der Waals surface area contributed by atoms with Gasteiger partial charge in [0.1, 0.15) is 47.7 Å². The highest BCUT2D eigenvalue weighted by Crippen LogP contribution is 2.24. The first-order valence-corrected chi connectivity index (χ1v) is 10.2. The van der Waals surface area contributed by atoms with Crippen molar-refractivity contribution in [3.05, 3.63) is 94.3 Å². The fourth-order valence-corrected chi connectivity index (χ4v) is 3.39. The highest BCUT2D eigenvalue weighted by molar-refractivity contribution is 5.82. The smallest absolute Gasteiger partial charge is 0.200 e. The fraction of sp³-hybridized carbons (Fsp3) is 0.160. The van der Waals surface area contributed by atoms with Crippen molar-refractivity contribution in [2.45, 2.75) is 12.6 Å². The average molecular weight is 453 g/mol. The molecule has 0 aliphatic rings. The second-order valence-electron chi connectivity index (χ2n) is 7.56. The lowest BCUT2D eigenvalue weighted by Crippen LogP contribution is -2.31. The Balaban J connectivity index is 1.36. The maximum atomic E-state index is 13.2. The number of halogens is 2. The molecule has 0 aliphatic heterocycles. The summed E-state index contributed by atoms with van der Waals surface area (Å²) in [6.07, 6.45) is 0.484. The van der Waals surface area contributed by atoms with Gasteiger partial charge in [0, 0.05) is 25.2 Å². The predicted octanol–water partition coefficient (Wildman–Crippen LogP) is 3.97. The van der Waals surface area contributed by atoms with E-state index >= 15 is 0 Å². The van der Waals surface area contributed by atoms with Crippen LogP contribution in [-0.4, -0.2) is 29.5 Å². The number of hydrogen-bond acceptors (Lipinski definition) is 6. The zero-order chi connectivity index (χ0) is 23.4. The van der Waals surface area contributed by atoms with Gasteiger partial charge in [-0.05, 0) is 47.5 Å². The Kier molecular flexibility index (Phi) is 6.67. The summed E-state index contributed by atoms with van der Waals surface area (Å²) < 4.78 is 37.6. The van der Waals surface area contributed by atoms with E-state index in [1.807, 2.05) is 0 Å². The summed E-state index contributed by atoms with van der Waals surface area (Å²) in [6.45, 7) is 0.304. The Morgan fingerprint density at radius 3 is 2.45 bits per heavy atom. The van der Waals surface area contributed by atoms with E-state index in [9.17, 15) is 23.8 Å². The molecule has 3 aromatic carbocycles. The number of ether oxygens (including phenoxy) is 1. The molecule has 0 saturated carbocycles. The van der Waals surface area contributed by atoms with Gasteiger partial charge in [0.05, 0.1) is 10.9 Å². The lowest BCUT2D eigenvalue weighted by atomic mass is 10.1. The van der Waals surface area contributed by atoms with E-state index in [2.05, 4.69) is 5.32 Å². The maximum absolute atomic E-state index is 13.2. The SMILES string of the molecule is O=c1c(-c2ccc(O)cc2)coc2cc(OC[C@@H](O)CNCc3cc(F)cc(F)c3)ccc12. The summed E-state index contributed by atoms with van der Waals surface area (Å²) in [5, 5.41) is 22.8. The van der Waals surface area contributed by atoms with Gasteiger partial charge in [-0.25, -0.2) is 8.78 Å². The van der Waals surface area contributed by atoms with Crippen LogP contribution in [0, 0.1) is 11.6 Å². The van der Waals surface area contributed by atoms with Crippen LogP contribution in [0.3, 0.4) is 0 Å². The van der Waals surface area contributed by atoms with Crippen LogP contribution in [0.25, 0.3) is 22.1 Å². The number of aliphatic hydroxyl groups excluding tert-OH is 1. The molecule has 6 nitrogen and oxygen atoms in total. The van der Waals surface area contributed by atoms with Crippen molar-refractivity contribution in [3.63, 3.8) is 0 Å². The maximum Gasteiger partial charge on any atom is 0.200 e. The molecule has 4 rings (SSSR count). The lowest BCUT2D eigenvalue weighted by Gasteiger charge is -2.14. The van der Waals surface area contributed by atoms with Gasteiger partial charge in [-0.3, -0.25) is 4.79 Å². The Morgan fingerprint density at radius 1 is 1.00 bits per heavy atom. The van der Waals surface area contributed by atoms with Gasteiger partial charge in [0.25, 0.3) is 0 Å². The molecule has 170 valence electrons. The molecule has 0 radical (unpaired) electrons. The summed E-state index contributed by atoms with van der Waals surface area (Å²) in [6, 6.07) is 14.2. The normalized spacial score (nSPS) is 12.1. The van der Waals surface area contributed by atoms with E-state index < -0.39 is 17.7 Å². The van der Waals surface area contributed by atoms with E-state index in [1.165, 1.54) is 30.5 Å². The third-order valence-corrected chi connectivity index (χ3v) is 5.00. The Labute approximate surface area is 187 Å². The summed E-state index contributed by atoms with van der Waals surface area (Å²) in [4.78, 5) is 12.8. The average Bonchev–Trinajstić information content (AvgIpc) is 2.78. The van der Waals surface area contributed by atoms with Crippen LogP contribution in [0.4, 0.5) is 8.78 Å². The minimum absolute atomic E-state index is 0.0359. The van der Waals surface area contributed by atoms with Crippen LogP contribution < -0.4 is 15.5 Å². The van der Waals surface area contributed by atoms with Gasteiger partial charge >= 0.3 is 0 Å². The first kappa shape index (κ1) is 22.4. The van der Waals surface area contributed by atoms with E-state index in [4.69, 9.17) is 9.15 Å². The van der Waals surface area contributed by atoms with Crippen LogP contribution in [0.2, 0.25) is 0 Å². The van der Waals surface area contributed by atoms with E-state index in [0.29, 0.717) is 33.4 Å². The van der Waals surface area contributed by atoms with Gasteiger partial charge in [0.2, 0.25) is 0 Å². The predicted molar refractivity (Wildman–Crippen MR) is 119 cm³/mol. The molecule has 0 fully saturated rings. The van der Waals surface area contributed by atoms with Gasteiger partial charge in [-0.2, -0.15) is 0 Å². The molecule has 1 heterocycles. The van der Waals surface area contributed by atoms with Crippen molar-refractivity contribution in [1.82, 2.24) is 5.32 Å². The van der Waals surface area contributed by atoms with Crippen LogP contribution in [0.1, 0.15) is 5.56 Å². The van der Waals surface area contributed by atoms with Gasteiger partial charge in [-0.1, -0.05) is 12.1 Å². The zero-order valence-electron chi connectivity index (χ0n) is 17.4. The van der Waals surface area contributed by atoms with Crippen LogP contribution in [-0.2, 0) is 6.54 Å². The standard InChI is InChI=1S/C25H21F2NO5/c26-17-7-15(8-18(27)9-17)11-28-12-20(30)13-32-21-5-6-22-24(10-21)33-14-23(25(22)31)16-1-3-19(29)4-2-16/h1-10,14,20,28-30H,11-13H2/t20-/m0/s1. The molecule has 4 aromatic rings. The van der Waals surface area contributed by atoms with Crippen LogP contribution in [0.15, 0.2) is 76.1 Å². The molecule has 0 bridgehead atoms. The number of benzene rings is 3. The molecule has 1 atom stereocenters. The molecular formula is C25H21F2NO5. The molecule has 0 spiro atoms. The number of phenolic OH excluding ortho intramolecular Hbond substituents is 1. The van der Waals surface area contributed by atoms with Crippen molar-refractivity contribution < 1.29 is 28.1 Å². The second kappa shape index (κ2) is 9.81. The number of aliphatic hydroxyl groups is 1. The third kappa shape index (κ3) is 5.54. The minimum Gasteiger partial charge on any atom is -0.508 e. The molecule has 0 aliphatic carbocycles. The number of rotatable bonds is 8. The summed E-state index contributed by atoms with van der Waals surface area (Å²) in [5.74, 6) is -0.803. The number of hydrogen-bond donors (Lipinski definition) is 3. The molecule has 8 heteroatoms. The van der Waals surface area contributed by atoms with E-state index in [-0.39, 0.29) is 30.9 Å². The number of nitrogens with one attached hydrogen (secondary N) is 1. The molecule has 0 amide bonds. The Bertz CT molecular complexity index is 1300. The molecule has 0 saturated heterocycles. The summed E-state index contributed by atoms with van der Waals surface area (Å²) >= 11 is 0. The largest absolute Gasteiger partial charge is 0.508 e. The Morgan fingerprint density at radius 2 is 1.73 bits per heavy atom. The highest BCUT2D eigenvalue weighted by Gasteiger charge is 2.11. The first-order valence-electron chi connectivity index (χ1n) is 10.2. The van der Waals surface area contributed by atoms with Gasteiger partial charge in [0.15, 0.2) is 5.43 Å². The van der Waals surface area contributed by atoms with Crippen molar-refractivity contribution in [2.75, 3.05) is 13.2 Å². The van der Waals surface area contributed by atoms with E-state index in [1.54, 1.807) is 30.3 Å². The van der Waals surface area contributed by atoms with Gasteiger partial charge in [-0.15, -0.1) is 0 Å². The first-order chi connectivity index (χ1) is 15.9. The van der Waals surface area contributed by atoms with Crippen molar-refractivity contribution in [1.29, 1.82) is 0 Å². The van der Waals surface area contributed by atoms with E-state index in [0.717, 1.165) is 6.07 Å². The lowest BCUT2D eigenvalue weighted by molar-refractivity contribution is 0.106. The monoisotopic (exact) mass is 453 g/mol. The number of phenols is 1. The number of fused-ring (bicyclic) bond motifs is 1. The van der Waals surface area contributed by atoms with Crippen LogP contribution in [0.5, 0.6) is 11.5 Å². The summed E-state index contributed by atoms with van der Waals surface area (Å²) in [5.41, 5.74) is 1.54. The molecule has 33 heavy (non-hydrogen) atoms. The summed E-state index contributed by atoms with van der Waals surface area (Å²) in [7, 11) is 0. The van der Waals surface area contributed by atoms with Crippen LogP contribution >= 0.6 is 0 Å². The van der Waals surface area contributed by atoms with Gasteiger partial charge < -0.3 is 24.7 Å². The van der Waals surface area contributed by atoms with Crippen molar-refractivity contribution in [2.24, 2.45) is 0 Å². The molecule has 3 N–H and O–H groups in total. The topological polar surface area (TPSA) is 91.9 Å². The second-order valence-corrected chi connectivity index (χ2v) is 7.56.